The number of carbonyl (C=O) groups excluding carboxylic acids is 3. The van der Waals surface area contributed by atoms with E-state index in [0.29, 0.717) is 12.8 Å². The van der Waals surface area contributed by atoms with Crippen LogP contribution in [0.1, 0.15) is 200 Å². The highest BCUT2D eigenvalue weighted by Gasteiger charge is 2.25. The lowest BCUT2D eigenvalue weighted by molar-refractivity contribution is -0.889. The molecule has 8 nitrogen and oxygen atoms in total. The first-order valence-electron chi connectivity index (χ1n) is 25.0. The zero-order valence-corrected chi connectivity index (χ0v) is 40.5. The number of carboxylic acid groups (broad SMARTS) is 1. The lowest BCUT2D eigenvalue weighted by atomic mass is 10.0. The fourth-order valence-electron chi connectivity index (χ4n) is 7.02. The first kappa shape index (κ1) is 58.8. The highest BCUT2D eigenvalue weighted by atomic mass is 16.6. The summed E-state index contributed by atoms with van der Waals surface area (Å²) >= 11 is 0. The molecule has 356 valence electrons. The summed E-state index contributed by atoms with van der Waals surface area (Å²) in [5, 5.41) is 11.7. The molecule has 0 spiro atoms. The van der Waals surface area contributed by atoms with Crippen molar-refractivity contribution in [2.45, 2.75) is 212 Å². The summed E-state index contributed by atoms with van der Waals surface area (Å²) in [4.78, 5) is 37.0. The number of hydrogen-bond acceptors (Lipinski definition) is 7. The number of unbranched alkanes of at least 4 members (excludes halogenated alkanes) is 18. The number of aliphatic carboxylic acids is 1. The Hall–Kier alpha value is -3.23. The van der Waals surface area contributed by atoms with Crippen LogP contribution in [0.15, 0.2) is 72.9 Å². The first-order chi connectivity index (χ1) is 30.1. The molecule has 62 heavy (non-hydrogen) atoms. The highest BCUT2D eigenvalue weighted by Crippen LogP contribution is 2.15. The number of carboxylic acids is 1. The number of hydrogen-bond donors (Lipinski definition) is 0. The molecular weight excluding hydrogens is 775 g/mol. The number of ether oxygens (including phenoxy) is 3. The predicted octanol–water partition coefficient (Wildman–Crippen LogP) is 13.0. The van der Waals surface area contributed by atoms with E-state index >= 15 is 0 Å². The monoisotopic (exact) mass is 868 g/mol. The molecule has 0 fully saturated rings. The van der Waals surface area contributed by atoms with E-state index in [0.717, 1.165) is 83.5 Å². The van der Waals surface area contributed by atoms with Gasteiger partial charge in [0.25, 0.3) is 0 Å². The molecule has 0 bridgehead atoms. The number of quaternary nitrogens is 1. The van der Waals surface area contributed by atoms with E-state index in [9.17, 15) is 19.5 Å². The molecule has 0 saturated heterocycles. The van der Waals surface area contributed by atoms with Gasteiger partial charge in [-0.2, -0.15) is 0 Å². The Morgan fingerprint density at radius 2 is 0.903 bits per heavy atom. The van der Waals surface area contributed by atoms with E-state index in [2.05, 4.69) is 86.8 Å². The molecule has 0 aromatic carbocycles. The Kier molecular flexibility index (Phi) is 42.1. The van der Waals surface area contributed by atoms with Crippen molar-refractivity contribution in [3.63, 3.8) is 0 Å². The molecule has 0 aliphatic carbocycles. The molecule has 0 N–H and O–H groups in total. The van der Waals surface area contributed by atoms with Crippen LogP contribution in [0.4, 0.5) is 0 Å². The summed E-state index contributed by atoms with van der Waals surface area (Å²) in [6.07, 6.45) is 56.4. The average Bonchev–Trinajstić information content (AvgIpc) is 3.23. The molecular formula is C54H93NO7. The molecule has 0 heterocycles. The van der Waals surface area contributed by atoms with Gasteiger partial charge in [0.1, 0.15) is 12.6 Å². The van der Waals surface area contributed by atoms with Gasteiger partial charge in [-0.15, -0.1) is 0 Å². The van der Waals surface area contributed by atoms with Crippen molar-refractivity contribution in [1.29, 1.82) is 0 Å². The molecule has 2 atom stereocenters. The quantitative estimate of drug-likeness (QED) is 0.0260. The minimum atomic E-state index is -1.13. The minimum Gasteiger partial charge on any atom is -0.544 e. The predicted molar refractivity (Wildman–Crippen MR) is 259 cm³/mol. The zero-order valence-electron chi connectivity index (χ0n) is 40.5. The summed E-state index contributed by atoms with van der Waals surface area (Å²) in [5.74, 6) is -1.78. The second-order valence-corrected chi connectivity index (χ2v) is 17.7. The van der Waals surface area contributed by atoms with Gasteiger partial charge in [-0.1, -0.05) is 189 Å². The smallest absolute Gasteiger partial charge is 0.306 e. The van der Waals surface area contributed by atoms with Crippen molar-refractivity contribution >= 4 is 17.9 Å². The van der Waals surface area contributed by atoms with Crippen LogP contribution in [0.2, 0.25) is 0 Å². The van der Waals surface area contributed by atoms with Crippen LogP contribution in [-0.4, -0.2) is 75.5 Å². The Balaban J connectivity index is 4.33. The topological polar surface area (TPSA) is 102 Å². The van der Waals surface area contributed by atoms with Gasteiger partial charge in [0, 0.05) is 19.3 Å². The summed E-state index contributed by atoms with van der Waals surface area (Å²) in [6.45, 7) is 4.52. The van der Waals surface area contributed by atoms with Crippen molar-refractivity contribution in [1.82, 2.24) is 0 Å². The third-order valence-corrected chi connectivity index (χ3v) is 10.9. The normalized spacial score (nSPS) is 13.5. The number of likely N-dealkylation sites (N-methyl/N-ethyl adjacent to an activating group) is 1. The Morgan fingerprint density at radius 1 is 0.500 bits per heavy atom. The highest BCUT2D eigenvalue weighted by molar-refractivity contribution is 5.70. The summed E-state index contributed by atoms with van der Waals surface area (Å²) in [6, 6.07) is -0.733. The van der Waals surface area contributed by atoms with Crippen molar-refractivity contribution in [2.24, 2.45) is 0 Å². The van der Waals surface area contributed by atoms with Crippen molar-refractivity contribution in [3.8, 4) is 0 Å². The Morgan fingerprint density at radius 3 is 1.34 bits per heavy atom. The van der Waals surface area contributed by atoms with E-state index in [4.69, 9.17) is 14.2 Å². The lowest BCUT2D eigenvalue weighted by Crippen LogP contribution is -2.55. The standard InChI is InChI=1S/C54H93NO7/c1-6-8-10-12-14-16-18-20-22-24-25-26-27-28-29-31-32-34-36-38-40-42-44-52(56)61-49-50(48-60-47-46-51(54(58)59)55(3,4)5)62-53(57)45-43-41-39-37-35-33-30-23-21-19-17-15-13-11-9-7-2/h8,10,14,16,20,22,25-26,28-29,32,34,50-51H,6-7,9,11-13,15,17-19,21,23-24,27,30-31,33,35-49H2,1-5H3/b10-8+,16-14+,22-20+,26-25+,29-28+,34-32+. The van der Waals surface area contributed by atoms with E-state index in [1.165, 1.54) is 83.5 Å². The van der Waals surface area contributed by atoms with Gasteiger partial charge in [0.05, 0.1) is 40.3 Å². The summed E-state index contributed by atoms with van der Waals surface area (Å²) in [5.41, 5.74) is 0. The number of esters is 2. The van der Waals surface area contributed by atoms with E-state index < -0.39 is 18.1 Å². The molecule has 0 amide bonds. The van der Waals surface area contributed by atoms with Crippen LogP contribution in [0.25, 0.3) is 0 Å². The molecule has 0 rings (SSSR count). The van der Waals surface area contributed by atoms with Gasteiger partial charge in [-0.3, -0.25) is 9.59 Å². The van der Waals surface area contributed by atoms with E-state index in [1.807, 2.05) is 0 Å². The number of allylic oxidation sites excluding steroid dienone is 12. The van der Waals surface area contributed by atoms with Gasteiger partial charge < -0.3 is 28.6 Å². The number of carbonyl (C=O) groups is 3. The fraction of sp³-hybridized carbons (Fsp3) is 0.722. The van der Waals surface area contributed by atoms with Gasteiger partial charge in [0.2, 0.25) is 0 Å². The zero-order chi connectivity index (χ0) is 45.6. The fourth-order valence-corrected chi connectivity index (χ4v) is 7.02. The molecule has 0 radical (unpaired) electrons. The molecule has 0 aromatic rings. The van der Waals surface area contributed by atoms with Crippen LogP contribution in [0, 0.1) is 0 Å². The van der Waals surface area contributed by atoms with Crippen LogP contribution in [0.5, 0.6) is 0 Å². The Bertz CT molecular complexity index is 1240. The van der Waals surface area contributed by atoms with Crippen LogP contribution >= 0.6 is 0 Å². The van der Waals surface area contributed by atoms with E-state index in [-0.39, 0.29) is 42.7 Å². The molecule has 8 heteroatoms. The van der Waals surface area contributed by atoms with Crippen molar-refractivity contribution < 1.29 is 38.2 Å². The van der Waals surface area contributed by atoms with Crippen LogP contribution in [0.3, 0.4) is 0 Å². The van der Waals surface area contributed by atoms with Crippen molar-refractivity contribution in [2.75, 3.05) is 41.0 Å². The average molecular weight is 868 g/mol. The Labute approximate surface area is 381 Å². The number of rotatable bonds is 44. The van der Waals surface area contributed by atoms with Gasteiger partial charge in [-0.05, 0) is 64.2 Å². The maximum atomic E-state index is 12.8. The van der Waals surface area contributed by atoms with Crippen LogP contribution < -0.4 is 5.11 Å². The third-order valence-electron chi connectivity index (χ3n) is 10.9. The van der Waals surface area contributed by atoms with E-state index in [1.54, 1.807) is 21.1 Å². The largest absolute Gasteiger partial charge is 0.544 e. The third kappa shape index (κ3) is 42.1. The van der Waals surface area contributed by atoms with Gasteiger partial charge >= 0.3 is 11.9 Å². The molecule has 0 aromatic heterocycles. The second kappa shape index (κ2) is 44.4. The van der Waals surface area contributed by atoms with Gasteiger partial charge in [-0.25, -0.2) is 0 Å². The lowest BCUT2D eigenvalue weighted by Gasteiger charge is -2.34. The number of nitrogens with zero attached hydrogens (tertiary/aromatic N) is 1. The SMILES string of the molecule is CC/C=C/C/C=C/C/C=C/C/C=C/C/C=C/C/C=C/CCCCCC(=O)OCC(COCCC(C(=O)[O-])[N+](C)(C)C)OC(=O)CCCCCCCCCCCCCCCCCC. The first-order valence-corrected chi connectivity index (χ1v) is 25.0. The maximum Gasteiger partial charge on any atom is 0.306 e. The van der Waals surface area contributed by atoms with Crippen molar-refractivity contribution in [3.05, 3.63) is 72.9 Å². The van der Waals surface area contributed by atoms with Crippen LogP contribution in [-0.2, 0) is 28.6 Å². The molecule has 0 aliphatic heterocycles. The minimum absolute atomic E-state index is 0.0286. The van der Waals surface area contributed by atoms with Gasteiger partial charge in [0.15, 0.2) is 6.10 Å². The molecule has 0 aliphatic rings. The molecule has 0 saturated carbocycles. The summed E-state index contributed by atoms with van der Waals surface area (Å²) in [7, 11) is 5.40. The second-order valence-electron chi connectivity index (χ2n) is 17.7. The maximum absolute atomic E-state index is 12.8. The summed E-state index contributed by atoms with van der Waals surface area (Å²) < 4.78 is 17.2. The molecule has 2 unspecified atom stereocenters.